The van der Waals surface area contributed by atoms with Crippen molar-refractivity contribution in [3.63, 3.8) is 0 Å². The van der Waals surface area contributed by atoms with E-state index in [0.717, 1.165) is 11.3 Å². The second-order valence-electron chi connectivity index (χ2n) is 3.41. The van der Waals surface area contributed by atoms with Gasteiger partial charge in [0.25, 0.3) is 10.0 Å². The van der Waals surface area contributed by atoms with Gasteiger partial charge in [-0.1, -0.05) is 0 Å². The molecule has 0 unspecified atom stereocenters. The van der Waals surface area contributed by atoms with Gasteiger partial charge in [-0.25, -0.2) is 18.2 Å². The Balaban J connectivity index is 3.05. The molecule has 1 rings (SSSR count). The number of likely N-dealkylation sites (N-methyl/N-ethyl adjacent to an activating group) is 2. The molecule has 0 fully saturated rings. The van der Waals surface area contributed by atoms with Crippen LogP contribution in [0, 0.1) is 0 Å². The maximum atomic E-state index is 12.2. The predicted molar refractivity (Wildman–Crippen MR) is 67.2 cm³/mol. The molecule has 0 spiro atoms. The van der Waals surface area contributed by atoms with Gasteiger partial charge in [-0.15, -0.1) is 11.3 Å². The van der Waals surface area contributed by atoms with Gasteiger partial charge < -0.3 is 10.1 Å². The van der Waals surface area contributed by atoms with Gasteiger partial charge in [0, 0.05) is 20.1 Å². The van der Waals surface area contributed by atoms with E-state index in [4.69, 9.17) is 0 Å². The number of carbonyl (C=O) groups excluding carboxylic acids is 1. The molecule has 0 saturated heterocycles. The quantitative estimate of drug-likeness (QED) is 0.729. The lowest BCUT2D eigenvalue weighted by Gasteiger charge is -2.15. The predicted octanol–water partition coefficient (Wildman–Crippen LogP) is -0.230. The molecule has 0 aromatic carbocycles. The normalized spacial score (nSPS) is 11.8. The summed E-state index contributed by atoms with van der Waals surface area (Å²) in [6.07, 6.45) is 0. The Morgan fingerprint density at radius 3 is 2.83 bits per heavy atom. The van der Waals surface area contributed by atoms with Gasteiger partial charge in [-0.05, 0) is 7.05 Å². The Hall–Kier alpha value is -1.03. The summed E-state index contributed by atoms with van der Waals surface area (Å²) in [4.78, 5) is 15.1. The first kappa shape index (κ1) is 15.0. The summed E-state index contributed by atoms with van der Waals surface area (Å²) in [6, 6.07) is 0. The standard InChI is InChI=1S/C9H15N3O4S2/c1-10-4-5-12(2)18(14,15)9-7(8(13)16-3)11-6-17-9/h6,10H,4-5H2,1-3H3. The summed E-state index contributed by atoms with van der Waals surface area (Å²) in [6.45, 7) is 0.819. The van der Waals surface area contributed by atoms with Crippen molar-refractivity contribution in [2.24, 2.45) is 0 Å². The Morgan fingerprint density at radius 2 is 2.28 bits per heavy atom. The molecule has 0 aliphatic carbocycles. The topological polar surface area (TPSA) is 88.6 Å². The number of rotatable bonds is 6. The van der Waals surface area contributed by atoms with Gasteiger partial charge in [-0.2, -0.15) is 4.31 Å². The van der Waals surface area contributed by atoms with Gasteiger partial charge in [0.05, 0.1) is 12.6 Å². The summed E-state index contributed by atoms with van der Waals surface area (Å²) in [7, 11) is 0.659. The number of methoxy groups -OCH3 is 1. The minimum absolute atomic E-state index is 0.0899. The smallest absolute Gasteiger partial charge is 0.358 e. The maximum Gasteiger partial charge on any atom is 0.358 e. The van der Waals surface area contributed by atoms with E-state index in [-0.39, 0.29) is 9.90 Å². The summed E-state index contributed by atoms with van der Waals surface area (Å²) in [5, 5.41) is 2.85. The Kier molecular flexibility index (Phi) is 5.20. The van der Waals surface area contributed by atoms with Crippen molar-refractivity contribution in [3.05, 3.63) is 11.2 Å². The Bertz CT molecular complexity index is 512. The number of nitrogens with one attached hydrogen (secondary N) is 1. The highest BCUT2D eigenvalue weighted by molar-refractivity contribution is 7.91. The fourth-order valence-electron chi connectivity index (χ4n) is 1.18. The largest absolute Gasteiger partial charge is 0.464 e. The van der Waals surface area contributed by atoms with Crippen LogP contribution in [0.5, 0.6) is 0 Å². The number of esters is 1. The highest BCUT2D eigenvalue weighted by Crippen LogP contribution is 2.23. The van der Waals surface area contributed by atoms with E-state index in [9.17, 15) is 13.2 Å². The molecule has 0 atom stereocenters. The molecule has 102 valence electrons. The van der Waals surface area contributed by atoms with Gasteiger partial charge >= 0.3 is 5.97 Å². The molecule has 1 aromatic rings. The number of hydrogen-bond donors (Lipinski definition) is 1. The second-order valence-corrected chi connectivity index (χ2v) is 6.51. The molecule has 7 nitrogen and oxygen atoms in total. The van der Waals surface area contributed by atoms with Crippen molar-refractivity contribution in [2.45, 2.75) is 4.21 Å². The van der Waals surface area contributed by atoms with Crippen molar-refractivity contribution in [2.75, 3.05) is 34.3 Å². The Morgan fingerprint density at radius 1 is 1.61 bits per heavy atom. The third kappa shape index (κ3) is 3.05. The number of carbonyl (C=O) groups is 1. The number of aromatic nitrogens is 1. The molecule has 1 N–H and O–H groups in total. The molecule has 0 radical (unpaired) electrons. The maximum absolute atomic E-state index is 12.2. The molecule has 1 heterocycles. The first-order valence-electron chi connectivity index (χ1n) is 5.08. The lowest BCUT2D eigenvalue weighted by molar-refractivity contribution is 0.0590. The molecular weight excluding hydrogens is 278 g/mol. The fourth-order valence-corrected chi connectivity index (χ4v) is 3.68. The summed E-state index contributed by atoms with van der Waals surface area (Å²) >= 11 is 0.900. The zero-order chi connectivity index (χ0) is 13.8. The number of sulfonamides is 1. The summed E-state index contributed by atoms with van der Waals surface area (Å²) in [5.74, 6) is -0.753. The zero-order valence-corrected chi connectivity index (χ0v) is 12.0. The van der Waals surface area contributed by atoms with E-state index in [0.29, 0.717) is 13.1 Å². The summed E-state index contributed by atoms with van der Waals surface area (Å²) in [5.41, 5.74) is 1.14. The van der Waals surface area contributed by atoms with E-state index in [2.05, 4.69) is 15.0 Å². The monoisotopic (exact) mass is 293 g/mol. The lowest BCUT2D eigenvalue weighted by atomic mass is 10.5. The van der Waals surface area contributed by atoms with E-state index >= 15 is 0 Å². The van der Waals surface area contributed by atoms with Crippen LogP contribution < -0.4 is 5.32 Å². The van der Waals surface area contributed by atoms with Crippen molar-refractivity contribution < 1.29 is 17.9 Å². The summed E-state index contributed by atoms with van der Waals surface area (Å²) < 4.78 is 30.0. The third-order valence-electron chi connectivity index (χ3n) is 2.23. The molecule has 0 amide bonds. The highest BCUT2D eigenvalue weighted by Gasteiger charge is 2.29. The fraction of sp³-hybridized carbons (Fsp3) is 0.556. The molecule has 1 aromatic heterocycles. The van der Waals surface area contributed by atoms with Crippen LogP contribution >= 0.6 is 11.3 Å². The van der Waals surface area contributed by atoms with Crippen LogP contribution in [0.25, 0.3) is 0 Å². The van der Waals surface area contributed by atoms with Crippen LogP contribution in [0.1, 0.15) is 10.5 Å². The molecule has 0 saturated carbocycles. The van der Waals surface area contributed by atoms with Crippen LogP contribution in [0.2, 0.25) is 0 Å². The molecule has 0 aliphatic rings. The molecule has 18 heavy (non-hydrogen) atoms. The van der Waals surface area contributed by atoms with Crippen LogP contribution in [0.3, 0.4) is 0 Å². The van der Waals surface area contributed by atoms with Crippen LogP contribution in [0.4, 0.5) is 0 Å². The molecule has 0 bridgehead atoms. The average molecular weight is 293 g/mol. The second kappa shape index (κ2) is 6.23. The number of ether oxygens (including phenoxy) is 1. The Labute approximate surface area is 110 Å². The van der Waals surface area contributed by atoms with Gasteiger partial charge in [0.2, 0.25) is 0 Å². The molecule has 9 heteroatoms. The van der Waals surface area contributed by atoms with E-state index in [1.54, 1.807) is 7.05 Å². The number of nitrogens with zero attached hydrogens (tertiary/aromatic N) is 2. The van der Waals surface area contributed by atoms with Crippen molar-refractivity contribution in [1.29, 1.82) is 0 Å². The van der Waals surface area contributed by atoms with Crippen molar-refractivity contribution in [1.82, 2.24) is 14.6 Å². The van der Waals surface area contributed by atoms with Gasteiger partial charge in [0.15, 0.2) is 9.90 Å². The highest BCUT2D eigenvalue weighted by atomic mass is 32.2. The zero-order valence-electron chi connectivity index (χ0n) is 10.3. The molecule has 0 aliphatic heterocycles. The molecular formula is C9H15N3O4S2. The third-order valence-corrected chi connectivity index (χ3v) is 5.44. The van der Waals surface area contributed by atoms with E-state index in [1.165, 1.54) is 24.0 Å². The number of thiazole rings is 1. The van der Waals surface area contributed by atoms with Crippen molar-refractivity contribution in [3.8, 4) is 0 Å². The minimum atomic E-state index is -3.71. The first-order chi connectivity index (χ1) is 8.45. The van der Waals surface area contributed by atoms with Crippen LogP contribution in [-0.4, -0.2) is 58.0 Å². The van der Waals surface area contributed by atoms with Gasteiger partial charge in [0.1, 0.15) is 0 Å². The first-order valence-corrected chi connectivity index (χ1v) is 7.39. The SMILES string of the molecule is CNCCN(C)S(=O)(=O)c1scnc1C(=O)OC. The van der Waals surface area contributed by atoms with Crippen LogP contribution in [-0.2, 0) is 14.8 Å². The van der Waals surface area contributed by atoms with Crippen molar-refractivity contribution >= 4 is 27.3 Å². The average Bonchev–Trinajstić information content (AvgIpc) is 2.84. The van der Waals surface area contributed by atoms with E-state index in [1.807, 2.05) is 0 Å². The lowest BCUT2D eigenvalue weighted by Crippen LogP contribution is -2.33. The van der Waals surface area contributed by atoms with Gasteiger partial charge in [-0.3, -0.25) is 0 Å². The van der Waals surface area contributed by atoms with E-state index < -0.39 is 16.0 Å². The minimum Gasteiger partial charge on any atom is -0.464 e. The number of hydrogen-bond acceptors (Lipinski definition) is 7. The van der Waals surface area contributed by atoms with Crippen LogP contribution in [0.15, 0.2) is 9.72 Å².